The van der Waals surface area contributed by atoms with Crippen LogP contribution in [-0.4, -0.2) is 26.9 Å². The van der Waals surface area contributed by atoms with E-state index in [-0.39, 0.29) is 25.2 Å². The van der Waals surface area contributed by atoms with Crippen LogP contribution in [0.15, 0.2) is 38.2 Å². The van der Waals surface area contributed by atoms with Crippen molar-refractivity contribution in [2.24, 2.45) is 0 Å². The van der Waals surface area contributed by atoms with Crippen LogP contribution in [0.5, 0.6) is 0 Å². The van der Waals surface area contributed by atoms with E-state index < -0.39 is 33.4 Å². The highest BCUT2D eigenvalue weighted by atomic mass is 79.9. The van der Waals surface area contributed by atoms with Crippen LogP contribution in [0.25, 0.3) is 11.1 Å². The third kappa shape index (κ3) is 4.24. The first-order chi connectivity index (χ1) is 12.2. The molecule has 0 saturated heterocycles. The molecule has 0 amide bonds. The van der Waals surface area contributed by atoms with Gasteiger partial charge in [0.05, 0.1) is 16.7 Å². The summed E-state index contributed by atoms with van der Waals surface area (Å²) < 4.78 is 104. The van der Waals surface area contributed by atoms with Crippen molar-refractivity contribution in [2.75, 3.05) is 0 Å². The number of hydrogen-bond acceptors (Lipinski definition) is 2. The molecule has 1 aromatic carbocycles. The van der Waals surface area contributed by atoms with E-state index in [1.807, 2.05) is 0 Å². The first kappa shape index (κ1) is 22.7. The molecule has 2 aromatic rings. The number of nitrogens with zero attached hydrogens (tertiary/aromatic N) is 1. The lowest BCUT2D eigenvalue weighted by Gasteiger charge is -2.29. The van der Waals surface area contributed by atoms with Crippen molar-refractivity contribution < 1.29 is 35.3 Å². The van der Waals surface area contributed by atoms with Crippen LogP contribution >= 0.6 is 43.5 Å². The Balaban J connectivity index is 2.69. The number of rotatable bonds is 4. The van der Waals surface area contributed by atoms with Crippen LogP contribution < -0.4 is 0 Å². The summed E-state index contributed by atoms with van der Waals surface area (Å²) in [4.78, 5) is 2.69. The summed E-state index contributed by atoms with van der Waals surface area (Å²) in [6.45, 7) is 0. The molecule has 1 radical (unpaired) electrons. The van der Waals surface area contributed by atoms with E-state index in [4.69, 9.17) is 11.6 Å². The molecule has 13 heteroatoms. The number of hydrogen-bond donors (Lipinski definition) is 0. The predicted octanol–water partition coefficient (Wildman–Crippen LogP) is 6.63. The first-order valence-electron chi connectivity index (χ1n) is 6.47. The molecule has 1 heterocycles. The molecule has 0 aliphatic heterocycles. The third-order valence-corrected chi connectivity index (χ3v) is 5.81. The zero-order valence-corrected chi connectivity index (χ0v) is 17.1. The lowest BCUT2D eigenvalue weighted by molar-refractivity contribution is -0.332. The van der Waals surface area contributed by atoms with Crippen molar-refractivity contribution in [1.82, 2.24) is 4.98 Å². The van der Waals surface area contributed by atoms with Gasteiger partial charge in [-0.25, -0.2) is 4.98 Å². The Labute approximate surface area is 172 Å². The van der Waals surface area contributed by atoms with E-state index in [1.165, 1.54) is 12.1 Å². The lowest BCUT2D eigenvalue weighted by atomic mass is 10.1. The molecule has 0 bridgehead atoms. The summed E-state index contributed by atoms with van der Waals surface area (Å²) in [5, 5.41) is -5.94. The van der Waals surface area contributed by atoms with Crippen molar-refractivity contribution in [3.05, 3.63) is 44.6 Å². The molecule has 1 aromatic heterocycles. The summed E-state index contributed by atoms with van der Waals surface area (Å²) in [5.74, 6) is -6.53. The van der Waals surface area contributed by atoms with Gasteiger partial charge in [-0.1, -0.05) is 11.6 Å². The highest BCUT2D eigenvalue weighted by Crippen LogP contribution is 2.52. The average Bonchev–Trinajstić information content (AvgIpc) is 2.53. The SMILES string of the molecule is [O-][S+](c1cc(Br)[c]c(Br)c1-c1ccc(Cl)nc1)C(F)(F)C(F)(F)C(F)(F)F. The Bertz CT molecular complexity index is 849. The first-order valence-corrected chi connectivity index (χ1v) is 9.59. The second-order valence-electron chi connectivity index (χ2n) is 4.90. The van der Waals surface area contributed by atoms with Crippen LogP contribution in [-0.2, 0) is 11.2 Å². The lowest BCUT2D eigenvalue weighted by Crippen LogP contribution is -2.56. The third-order valence-electron chi connectivity index (χ3n) is 3.12. The number of alkyl halides is 7. The highest BCUT2D eigenvalue weighted by Gasteiger charge is 2.80. The molecule has 0 fully saturated rings. The Morgan fingerprint density at radius 3 is 2.15 bits per heavy atom. The molecule has 147 valence electrons. The molecule has 27 heavy (non-hydrogen) atoms. The minimum absolute atomic E-state index is 0.00701. The maximum absolute atomic E-state index is 14.0. The Kier molecular flexibility index (Phi) is 6.48. The van der Waals surface area contributed by atoms with E-state index >= 15 is 0 Å². The van der Waals surface area contributed by atoms with Crippen molar-refractivity contribution >= 4 is 54.6 Å². The van der Waals surface area contributed by atoms with Crippen LogP contribution in [0.2, 0.25) is 5.15 Å². The van der Waals surface area contributed by atoms with Crippen LogP contribution in [0, 0.1) is 6.07 Å². The predicted molar refractivity (Wildman–Crippen MR) is 91.3 cm³/mol. The highest BCUT2D eigenvalue weighted by molar-refractivity contribution is 9.11. The fourth-order valence-electron chi connectivity index (χ4n) is 1.86. The quantitative estimate of drug-likeness (QED) is 0.239. The van der Waals surface area contributed by atoms with Gasteiger partial charge < -0.3 is 4.55 Å². The Morgan fingerprint density at radius 1 is 1.07 bits per heavy atom. The molecule has 2 rings (SSSR count). The number of benzene rings is 1. The van der Waals surface area contributed by atoms with Gasteiger partial charge in [0.2, 0.25) is 0 Å². The zero-order chi connectivity index (χ0) is 20.8. The second kappa shape index (κ2) is 7.69. The van der Waals surface area contributed by atoms with E-state index in [9.17, 15) is 35.3 Å². The standard InChI is InChI=1S/C14H4Br2ClF7NOS/c15-7-3-8(16)11(6-1-2-10(17)25-5-6)9(4-7)27(26)14(23,24)12(18,19)13(20,21)22/h1-2,4-5H. The van der Waals surface area contributed by atoms with Crippen LogP contribution in [0.3, 0.4) is 0 Å². The van der Waals surface area contributed by atoms with Gasteiger partial charge in [-0.2, -0.15) is 22.0 Å². The second-order valence-corrected chi connectivity index (χ2v) is 8.42. The van der Waals surface area contributed by atoms with Gasteiger partial charge in [0.25, 0.3) is 0 Å². The molecule has 0 aliphatic carbocycles. The zero-order valence-electron chi connectivity index (χ0n) is 12.4. The molecule has 1 unspecified atom stereocenters. The minimum Gasteiger partial charge on any atom is -0.606 e. The average molecular weight is 563 g/mol. The summed E-state index contributed by atoms with van der Waals surface area (Å²) in [6.07, 6.45) is -5.56. The Hall–Kier alpha value is -0.560. The molecular formula is C14H4Br2ClF7NOS. The summed E-state index contributed by atoms with van der Waals surface area (Å²) in [6, 6.07) is 5.72. The van der Waals surface area contributed by atoms with E-state index in [1.54, 1.807) is 0 Å². The maximum Gasteiger partial charge on any atom is 0.486 e. The minimum atomic E-state index is -6.61. The van der Waals surface area contributed by atoms with Crippen LogP contribution in [0.4, 0.5) is 30.7 Å². The number of halogens is 10. The maximum atomic E-state index is 14.0. The van der Waals surface area contributed by atoms with Crippen molar-refractivity contribution in [2.45, 2.75) is 22.2 Å². The van der Waals surface area contributed by atoms with Gasteiger partial charge in [0.15, 0.2) is 4.90 Å². The summed E-state index contributed by atoms with van der Waals surface area (Å²) in [7, 11) is 0. The summed E-state index contributed by atoms with van der Waals surface area (Å²) >= 11 is 7.30. The van der Waals surface area contributed by atoms with Crippen molar-refractivity contribution in [3.63, 3.8) is 0 Å². The molecule has 0 saturated carbocycles. The number of aromatic nitrogens is 1. The molecule has 2 nitrogen and oxygen atoms in total. The molecule has 0 aliphatic rings. The number of pyridine rings is 1. The van der Waals surface area contributed by atoms with Gasteiger partial charge in [0.1, 0.15) is 5.15 Å². The van der Waals surface area contributed by atoms with Crippen molar-refractivity contribution in [1.29, 1.82) is 0 Å². The van der Waals surface area contributed by atoms with E-state index in [0.717, 1.165) is 6.20 Å². The molecular weight excluding hydrogens is 558 g/mol. The fraction of sp³-hybridized carbons (Fsp3) is 0.214. The van der Waals surface area contributed by atoms with E-state index in [0.29, 0.717) is 6.07 Å². The normalized spacial score (nSPS) is 14.3. The Morgan fingerprint density at radius 2 is 1.67 bits per heavy atom. The largest absolute Gasteiger partial charge is 0.606 e. The van der Waals surface area contributed by atoms with Gasteiger partial charge >= 0.3 is 17.4 Å². The monoisotopic (exact) mass is 560 g/mol. The van der Waals surface area contributed by atoms with Gasteiger partial charge in [-0.15, -0.1) is 8.78 Å². The van der Waals surface area contributed by atoms with Gasteiger partial charge in [0, 0.05) is 32.8 Å². The van der Waals surface area contributed by atoms with Gasteiger partial charge in [-0.05, 0) is 44.0 Å². The van der Waals surface area contributed by atoms with Crippen molar-refractivity contribution in [3.8, 4) is 11.1 Å². The molecule has 0 N–H and O–H groups in total. The van der Waals surface area contributed by atoms with E-state index in [2.05, 4.69) is 42.9 Å². The fourth-order valence-corrected chi connectivity index (χ4v) is 4.86. The smallest absolute Gasteiger partial charge is 0.486 e. The topological polar surface area (TPSA) is 36.0 Å². The van der Waals surface area contributed by atoms with Gasteiger partial charge in [-0.3, -0.25) is 0 Å². The van der Waals surface area contributed by atoms with Crippen LogP contribution in [0.1, 0.15) is 0 Å². The molecule has 0 spiro atoms. The summed E-state index contributed by atoms with van der Waals surface area (Å²) in [5.41, 5.74) is -0.358. The molecule has 1 atom stereocenters.